The quantitative estimate of drug-likeness (QED) is 0.469. The van der Waals surface area contributed by atoms with Gasteiger partial charge in [0.2, 0.25) is 0 Å². The Labute approximate surface area is 89.7 Å². The summed E-state index contributed by atoms with van der Waals surface area (Å²) in [5.74, 6) is -1.03. The average Bonchev–Trinajstić information content (AvgIpc) is 2.26. The van der Waals surface area contributed by atoms with Crippen LogP contribution >= 0.6 is 0 Å². The topological polar surface area (TPSA) is 61.8 Å². The number of methoxy groups -OCH3 is 2. The Bertz CT molecular complexity index is 202. The maximum Gasteiger partial charge on any atom is 0.335 e. The third-order valence-electron chi connectivity index (χ3n) is 1.86. The van der Waals surface area contributed by atoms with Crippen molar-refractivity contribution in [1.82, 2.24) is 0 Å². The minimum atomic E-state index is -0.853. The number of rotatable bonds is 7. The van der Waals surface area contributed by atoms with Crippen LogP contribution in [0.5, 0.6) is 0 Å². The number of carbonyl (C=O) groups is 2. The third kappa shape index (κ3) is 6.06. The third-order valence-corrected chi connectivity index (χ3v) is 1.86. The van der Waals surface area contributed by atoms with Gasteiger partial charge in [-0.05, 0) is 6.42 Å². The molecule has 5 heteroatoms. The van der Waals surface area contributed by atoms with Gasteiger partial charge in [0.15, 0.2) is 6.10 Å². The standard InChI is InChI=1S/C10H18O5/c1-4-5-6-15-8(10(12)14-3)7-9(11)13-2/h8H,4-7H2,1-3H3. The van der Waals surface area contributed by atoms with Gasteiger partial charge in [-0.1, -0.05) is 13.3 Å². The summed E-state index contributed by atoms with van der Waals surface area (Å²) < 4.78 is 14.2. The summed E-state index contributed by atoms with van der Waals surface area (Å²) in [7, 11) is 2.53. The lowest BCUT2D eigenvalue weighted by Gasteiger charge is -2.13. The summed E-state index contributed by atoms with van der Waals surface area (Å²) in [4.78, 5) is 22.2. The number of hydrogen-bond donors (Lipinski definition) is 0. The van der Waals surface area contributed by atoms with Gasteiger partial charge in [0.25, 0.3) is 0 Å². The van der Waals surface area contributed by atoms with Crippen LogP contribution in [-0.2, 0) is 23.8 Å². The van der Waals surface area contributed by atoms with E-state index in [1.54, 1.807) is 0 Å². The van der Waals surface area contributed by atoms with Crippen LogP contribution in [0.3, 0.4) is 0 Å². The predicted octanol–water partition coefficient (Wildman–Crippen LogP) is 0.908. The molecule has 1 atom stereocenters. The zero-order valence-electron chi connectivity index (χ0n) is 9.45. The normalized spacial score (nSPS) is 11.9. The number of carbonyl (C=O) groups excluding carboxylic acids is 2. The molecule has 15 heavy (non-hydrogen) atoms. The van der Waals surface area contributed by atoms with Crippen molar-refractivity contribution in [3.8, 4) is 0 Å². The molecule has 0 aliphatic carbocycles. The first-order valence-corrected chi connectivity index (χ1v) is 4.91. The van der Waals surface area contributed by atoms with Crippen molar-refractivity contribution < 1.29 is 23.8 Å². The van der Waals surface area contributed by atoms with Crippen molar-refractivity contribution >= 4 is 11.9 Å². The molecule has 0 rings (SSSR count). The second kappa shape index (κ2) is 8.23. The number of esters is 2. The largest absolute Gasteiger partial charge is 0.469 e. The molecule has 0 fully saturated rings. The zero-order chi connectivity index (χ0) is 11.7. The molecule has 0 saturated heterocycles. The van der Waals surface area contributed by atoms with Gasteiger partial charge in [-0.3, -0.25) is 4.79 Å². The molecule has 0 amide bonds. The predicted molar refractivity (Wildman–Crippen MR) is 53.3 cm³/mol. The minimum absolute atomic E-state index is 0.104. The molecule has 0 aliphatic heterocycles. The van der Waals surface area contributed by atoms with Crippen molar-refractivity contribution in [2.75, 3.05) is 20.8 Å². The van der Waals surface area contributed by atoms with Crippen molar-refractivity contribution in [3.05, 3.63) is 0 Å². The Morgan fingerprint density at radius 3 is 2.33 bits per heavy atom. The highest BCUT2D eigenvalue weighted by Gasteiger charge is 2.23. The van der Waals surface area contributed by atoms with Gasteiger partial charge in [0.05, 0.1) is 20.6 Å². The fourth-order valence-corrected chi connectivity index (χ4v) is 0.946. The minimum Gasteiger partial charge on any atom is -0.469 e. The molecule has 0 aliphatic rings. The summed E-state index contributed by atoms with van der Waals surface area (Å²) in [5, 5.41) is 0. The Kier molecular flexibility index (Phi) is 7.62. The zero-order valence-corrected chi connectivity index (χ0v) is 9.45. The van der Waals surface area contributed by atoms with Crippen LogP contribution in [0.1, 0.15) is 26.2 Å². The summed E-state index contributed by atoms with van der Waals surface area (Å²) >= 11 is 0. The highest BCUT2D eigenvalue weighted by molar-refractivity contribution is 5.81. The highest BCUT2D eigenvalue weighted by atomic mass is 16.6. The van der Waals surface area contributed by atoms with Crippen LogP contribution in [0.4, 0.5) is 0 Å². The van der Waals surface area contributed by atoms with Gasteiger partial charge in [0, 0.05) is 6.61 Å². The maximum absolute atomic E-state index is 11.2. The molecule has 0 aromatic carbocycles. The first-order chi connectivity index (χ1) is 7.15. The first-order valence-electron chi connectivity index (χ1n) is 4.91. The lowest BCUT2D eigenvalue weighted by molar-refractivity contribution is -0.160. The maximum atomic E-state index is 11.2. The molecule has 0 radical (unpaired) electrons. The Morgan fingerprint density at radius 2 is 1.87 bits per heavy atom. The summed E-state index contributed by atoms with van der Waals surface area (Å²) in [6.07, 6.45) is 0.849. The first kappa shape index (κ1) is 13.9. The van der Waals surface area contributed by atoms with Gasteiger partial charge in [-0.15, -0.1) is 0 Å². The lowest BCUT2D eigenvalue weighted by atomic mass is 10.2. The summed E-state index contributed by atoms with van der Waals surface area (Å²) in [6, 6.07) is 0. The molecule has 0 N–H and O–H groups in total. The van der Waals surface area contributed by atoms with E-state index in [0.717, 1.165) is 12.8 Å². The summed E-state index contributed by atoms with van der Waals surface area (Å²) in [5.41, 5.74) is 0. The van der Waals surface area contributed by atoms with E-state index in [9.17, 15) is 9.59 Å². The van der Waals surface area contributed by atoms with E-state index in [0.29, 0.717) is 6.61 Å². The average molecular weight is 218 g/mol. The Balaban J connectivity index is 4.06. The van der Waals surface area contributed by atoms with E-state index in [4.69, 9.17) is 4.74 Å². The Morgan fingerprint density at radius 1 is 1.20 bits per heavy atom. The van der Waals surface area contributed by atoms with E-state index in [-0.39, 0.29) is 6.42 Å². The molecule has 0 heterocycles. The lowest BCUT2D eigenvalue weighted by Crippen LogP contribution is -2.29. The van der Waals surface area contributed by atoms with Crippen molar-refractivity contribution in [3.63, 3.8) is 0 Å². The number of hydrogen-bond acceptors (Lipinski definition) is 5. The molecular weight excluding hydrogens is 200 g/mol. The van der Waals surface area contributed by atoms with E-state index in [1.165, 1.54) is 14.2 Å². The highest BCUT2D eigenvalue weighted by Crippen LogP contribution is 2.04. The fraction of sp³-hybridized carbons (Fsp3) is 0.800. The summed E-state index contributed by atoms with van der Waals surface area (Å²) in [6.45, 7) is 2.45. The smallest absolute Gasteiger partial charge is 0.335 e. The van der Waals surface area contributed by atoms with Crippen LogP contribution in [0, 0.1) is 0 Å². The van der Waals surface area contributed by atoms with Crippen LogP contribution < -0.4 is 0 Å². The van der Waals surface area contributed by atoms with E-state index in [1.807, 2.05) is 6.92 Å². The van der Waals surface area contributed by atoms with Crippen LogP contribution in [-0.4, -0.2) is 38.9 Å². The van der Waals surface area contributed by atoms with Crippen LogP contribution in [0.15, 0.2) is 0 Å². The van der Waals surface area contributed by atoms with Crippen LogP contribution in [0.25, 0.3) is 0 Å². The molecule has 0 aromatic heterocycles. The van der Waals surface area contributed by atoms with E-state index >= 15 is 0 Å². The molecule has 0 spiro atoms. The molecule has 5 nitrogen and oxygen atoms in total. The molecule has 0 saturated carbocycles. The van der Waals surface area contributed by atoms with Crippen molar-refractivity contribution in [1.29, 1.82) is 0 Å². The SMILES string of the molecule is CCCCOC(CC(=O)OC)C(=O)OC. The second-order valence-corrected chi connectivity index (χ2v) is 3.02. The van der Waals surface area contributed by atoms with Gasteiger partial charge in [-0.2, -0.15) is 0 Å². The molecule has 0 bridgehead atoms. The molecular formula is C10H18O5. The van der Waals surface area contributed by atoms with Crippen molar-refractivity contribution in [2.24, 2.45) is 0 Å². The second-order valence-electron chi connectivity index (χ2n) is 3.02. The monoisotopic (exact) mass is 218 g/mol. The van der Waals surface area contributed by atoms with E-state index in [2.05, 4.69) is 9.47 Å². The Hall–Kier alpha value is -1.10. The van der Waals surface area contributed by atoms with E-state index < -0.39 is 18.0 Å². The van der Waals surface area contributed by atoms with Crippen molar-refractivity contribution in [2.45, 2.75) is 32.3 Å². The van der Waals surface area contributed by atoms with Gasteiger partial charge in [-0.25, -0.2) is 4.79 Å². The molecule has 88 valence electrons. The van der Waals surface area contributed by atoms with Crippen LogP contribution in [0.2, 0.25) is 0 Å². The number of unbranched alkanes of at least 4 members (excludes halogenated alkanes) is 1. The van der Waals surface area contributed by atoms with Gasteiger partial charge >= 0.3 is 11.9 Å². The number of ether oxygens (including phenoxy) is 3. The molecule has 0 aromatic rings. The van der Waals surface area contributed by atoms with Gasteiger partial charge < -0.3 is 14.2 Å². The fourth-order valence-electron chi connectivity index (χ4n) is 0.946. The molecule has 1 unspecified atom stereocenters. The van der Waals surface area contributed by atoms with Gasteiger partial charge in [0.1, 0.15) is 0 Å².